The van der Waals surface area contributed by atoms with E-state index in [0.29, 0.717) is 84.5 Å². The number of Topliss-reactive ketones (excluding diaryl/α,β-unsaturated/α-hetero) is 1. The van der Waals surface area contributed by atoms with Crippen LogP contribution in [0.5, 0.6) is 0 Å². The number of piperazine rings is 1. The van der Waals surface area contributed by atoms with E-state index in [4.69, 9.17) is 14.9 Å². The molecular weight excluding hydrogens is 601 g/mol. The molecule has 0 atom stereocenters. The SMILES string of the molecule is Nc1nc2c(sc(=O)n2CCN2CCN(c3ccc(C(=O)CCCN4CCOCC4)cc3F)CC2)c2nc(-c3ccco3)nn12. The zero-order chi connectivity index (χ0) is 30.9. The predicted octanol–water partition coefficient (Wildman–Crippen LogP) is 2.60. The highest BCUT2D eigenvalue weighted by Crippen LogP contribution is 2.26. The van der Waals surface area contributed by atoms with Crippen molar-refractivity contribution in [3.63, 3.8) is 0 Å². The van der Waals surface area contributed by atoms with E-state index >= 15 is 4.39 Å². The summed E-state index contributed by atoms with van der Waals surface area (Å²) in [6.07, 6.45) is 2.69. The van der Waals surface area contributed by atoms with E-state index in [-0.39, 0.29) is 22.4 Å². The molecule has 2 saturated heterocycles. The van der Waals surface area contributed by atoms with Crippen LogP contribution in [0.2, 0.25) is 0 Å². The summed E-state index contributed by atoms with van der Waals surface area (Å²) in [7, 11) is 0. The first-order valence-corrected chi connectivity index (χ1v) is 16.0. The first-order valence-electron chi connectivity index (χ1n) is 15.1. The van der Waals surface area contributed by atoms with Gasteiger partial charge in [0.15, 0.2) is 22.8 Å². The molecule has 0 unspecified atom stereocenters. The number of halogens is 1. The van der Waals surface area contributed by atoms with Gasteiger partial charge in [-0.15, -0.1) is 5.10 Å². The lowest BCUT2D eigenvalue weighted by Gasteiger charge is -2.36. The Bertz CT molecular complexity index is 1870. The summed E-state index contributed by atoms with van der Waals surface area (Å²) >= 11 is 1.06. The number of aromatic nitrogens is 5. The molecule has 7 rings (SSSR count). The Kier molecular flexibility index (Phi) is 8.31. The van der Waals surface area contributed by atoms with Crippen LogP contribution in [-0.4, -0.2) is 105 Å². The van der Waals surface area contributed by atoms with E-state index in [1.165, 1.54) is 16.8 Å². The van der Waals surface area contributed by atoms with Crippen molar-refractivity contribution in [2.75, 3.05) is 76.2 Å². The van der Waals surface area contributed by atoms with Crippen molar-refractivity contribution in [3.05, 3.63) is 57.6 Å². The van der Waals surface area contributed by atoms with E-state index in [0.717, 1.165) is 50.6 Å². The lowest BCUT2D eigenvalue weighted by molar-refractivity contribution is 0.0371. The second-order valence-corrected chi connectivity index (χ2v) is 12.2. The Balaban J connectivity index is 0.954. The minimum atomic E-state index is -0.377. The van der Waals surface area contributed by atoms with Gasteiger partial charge in [0.2, 0.25) is 11.8 Å². The molecule has 15 heteroatoms. The van der Waals surface area contributed by atoms with Gasteiger partial charge in [-0.1, -0.05) is 11.3 Å². The molecule has 0 spiro atoms. The van der Waals surface area contributed by atoms with Crippen LogP contribution in [0.4, 0.5) is 16.0 Å². The Morgan fingerprint density at radius 2 is 1.78 bits per heavy atom. The number of furan rings is 1. The van der Waals surface area contributed by atoms with Gasteiger partial charge in [-0.2, -0.15) is 9.50 Å². The number of carbonyl (C=O) groups is 1. The normalized spacial score (nSPS) is 16.7. The topological polar surface area (TPSA) is 140 Å². The maximum absolute atomic E-state index is 15.2. The van der Waals surface area contributed by atoms with Crippen LogP contribution in [0.25, 0.3) is 27.6 Å². The number of ether oxygens (including phenoxy) is 1. The maximum atomic E-state index is 15.2. The molecule has 0 saturated carbocycles. The van der Waals surface area contributed by atoms with Crippen molar-refractivity contribution in [1.29, 1.82) is 0 Å². The molecule has 2 aliphatic heterocycles. The van der Waals surface area contributed by atoms with Crippen LogP contribution >= 0.6 is 11.3 Å². The highest BCUT2D eigenvalue weighted by Gasteiger charge is 2.23. The quantitative estimate of drug-likeness (QED) is 0.227. The fourth-order valence-corrected chi connectivity index (χ4v) is 6.89. The third-order valence-electron chi connectivity index (χ3n) is 8.46. The van der Waals surface area contributed by atoms with E-state index < -0.39 is 0 Å². The zero-order valence-electron chi connectivity index (χ0n) is 24.7. The number of thiazole rings is 1. The second-order valence-electron chi connectivity index (χ2n) is 11.3. The molecular formula is C30H34FN9O4S. The molecule has 2 aliphatic rings. The molecule has 45 heavy (non-hydrogen) atoms. The Labute approximate surface area is 261 Å². The summed E-state index contributed by atoms with van der Waals surface area (Å²) in [5.74, 6) is 0.580. The van der Waals surface area contributed by atoms with Crippen molar-refractivity contribution >= 4 is 44.8 Å². The van der Waals surface area contributed by atoms with Gasteiger partial charge < -0.3 is 19.8 Å². The smallest absolute Gasteiger partial charge is 0.309 e. The summed E-state index contributed by atoms with van der Waals surface area (Å²) in [5.41, 5.74) is 8.06. The summed E-state index contributed by atoms with van der Waals surface area (Å²) in [5, 5.41) is 4.40. The summed E-state index contributed by atoms with van der Waals surface area (Å²) in [6.45, 7) is 7.81. The molecule has 0 amide bonds. The number of nitrogens with zero attached hydrogens (tertiary/aromatic N) is 8. The van der Waals surface area contributed by atoms with Crippen LogP contribution < -0.4 is 15.5 Å². The van der Waals surface area contributed by atoms with E-state index in [1.807, 2.05) is 4.90 Å². The minimum Gasteiger partial charge on any atom is -0.461 e. The van der Waals surface area contributed by atoms with Crippen LogP contribution in [-0.2, 0) is 11.3 Å². The van der Waals surface area contributed by atoms with Gasteiger partial charge in [0.25, 0.3) is 0 Å². The molecule has 0 radical (unpaired) electrons. The average Bonchev–Trinajstić information content (AvgIpc) is 3.81. The lowest BCUT2D eigenvalue weighted by Crippen LogP contribution is -2.47. The van der Waals surface area contributed by atoms with Crippen LogP contribution in [0.15, 0.2) is 45.8 Å². The van der Waals surface area contributed by atoms with Crippen LogP contribution in [0, 0.1) is 5.82 Å². The molecule has 2 fully saturated rings. The van der Waals surface area contributed by atoms with E-state index in [9.17, 15) is 9.59 Å². The fraction of sp³-hybridized carbons (Fsp3) is 0.433. The Morgan fingerprint density at radius 3 is 2.53 bits per heavy atom. The van der Waals surface area contributed by atoms with Crippen LogP contribution in [0.3, 0.4) is 0 Å². The number of anilines is 2. The molecule has 6 heterocycles. The number of benzene rings is 1. The fourth-order valence-electron chi connectivity index (χ4n) is 5.96. The number of morpholine rings is 1. The molecule has 2 N–H and O–H groups in total. The van der Waals surface area contributed by atoms with Gasteiger partial charge >= 0.3 is 4.87 Å². The molecule has 1 aromatic carbocycles. The first kappa shape index (κ1) is 29.5. The third kappa shape index (κ3) is 6.08. The zero-order valence-corrected chi connectivity index (χ0v) is 25.5. The molecule has 13 nitrogen and oxygen atoms in total. The van der Waals surface area contributed by atoms with Crippen molar-refractivity contribution in [3.8, 4) is 11.6 Å². The Morgan fingerprint density at radius 1 is 0.978 bits per heavy atom. The van der Waals surface area contributed by atoms with Gasteiger partial charge in [-0.3, -0.25) is 24.0 Å². The summed E-state index contributed by atoms with van der Waals surface area (Å²) in [6, 6.07) is 8.32. The average molecular weight is 636 g/mol. The van der Waals surface area contributed by atoms with Crippen LogP contribution in [0.1, 0.15) is 23.2 Å². The molecule has 5 aromatic rings. The first-order chi connectivity index (χ1) is 21.9. The van der Waals surface area contributed by atoms with Gasteiger partial charge in [0, 0.05) is 64.3 Å². The number of hydrogen-bond acceptors (Lipinski definition) is 12. The van der Waals surface area contributed by atoms with Gasteiger partial charge in [0.05, 0.1) is 25.2 Å². The number of fused-ring (bicyclic) bond motifs is 3. The van der Waals surface area contributed by atoms with Gasteiger partial charge in [-0.05, 0) is 43.3 Å². The summed E-state index contributed by atoms with van der Waals surface area (Å²) < 4.78 is 29.6. The minimum absolute atomic E-state index is 0.0336. The Hall–Kier alpha value is -4.18. The van der Waals surface area contributed by atoms with Gasteiger partial charge in [0.1, 0.15) is 10.5 Å². The number of hydrogen-bond donors (Lipinski definition) is 1. The van der Waals surface area contributed by atoms with Crippen molar-refractivity contribution in [2.45, 2.75) is 19.4 Å². The molecule has 0 aliphatic carbocycles. The molecule has 0 bridgehead atoms. The number of nitrogens with two attached hydrogens (primary N) is 1. The van der Waals surface area contributed by atoms with Crippen molar-refractivity contribution in [2.24, 2.45) is 0 Å². The number of rotatable bonds is 10. The van der Waals surface area contributed by atoms with E-state index in [2.05, 4.69) is 24.9 Å². The van der Waals surface area contributed by atoms with Crippen molar-refractivity contribution < 1.29 is 18.3 Å². The molecule has 4 aromatic heterocycles. The standard InChI is InChI=1S/C30H34FN9O4S/c31-21-19-20(23(41)3-1-7-36-14-17-43-18-15-36)5-6-22(21)38-11-8-37(9-12-38)10-13-39-27-25(45-30(39)42)28-33-26(24-4-2-16-44-24)35-40(28)29(32)34-27/h2,4-6,16,19H,1,3,7-15,17-18H2,(H2,32,34). The third-order valence-corrected chi connectivity index (χ3v) is 9.43. The van der Waals surface area contributed by atoms with Gasteiger partial charge in [-0.25, -0.2) is 9.37 Å². The van der Waals surface area contributed by atoms with Crippen molar-refractivity contribution in [1.82, 2.24) is 33.9 Å². The highest BCUT2D eigenvalue weighted by molar-refractivity contribution is 7.17. The molecule has 236 valence electrons. The maximum Gasteiger partial charge on any atom is 0.309 e. The number of carbonyl (C=O) groups excluding carboxylic acids is 1. The monoisotopic (exact) mass is 635 g/mol. The number of ketones is 1. The highest BCUT2D eigenvalue weighted by atomic mass is 32.1. The number of nitrogen functional groups attached to an aromatic ring is 1. The largest absolute Gasteiger partial charge is 0.461 e. The lowest BCUT2D eigenvalue weighted by atomic mass is 10.0. The predicted molar refractivity (Wildman–Crippen MR) is 168 cm³/mol. The van der Waals surface area contributed by atoms with E-state index in [1.54, 1.807) is 28.8 Å². The second kappa shape index (κ2) is 12.7. The summed E-state index contributed by atoms with van der Waals surface area (Å²) in [4.78, 5) is 41.1.